The second-order valence-electron chi connectivity index (χ2n) is 7.53. The predicted octanol–water partition coefficient (Wildman–Crippen LogP) is 4.70. The van der Waals surface area contributed by atoms with Crippen molar-refractivity contribution < 1.29 is 4.79 Å². The molecule has 0 unspecified atom stereocenters. The van der Waals surface area contributed by atoms with Gasteiger partial charge in [0.1, 0.15) is 5.69 Å². The summed E-state index contributed by atoms with van der Waals surface area (Å²) in [6.45, 7) is 6.76. The molecule has 0 fully saturated rings. The van der Waals surface area contributed by atoms with Crippen LogP contribution < -0.4 is 0 Å². The van der Waals surface area contributed by atoms with Gasteiger partial charge in [-0.3, -0.25) is 9.48 Å². The molecule has 4 nitrogen and oxygen atoms in total. The van der Waals surface area contributed by atoms with Gasteiger partial charge in [-0.15, -0.1) is 0 Å². The van der Waals surface area contributed by atoms with Crippen molar-refractivity contribution in [1.29, 1.82) is 0 Å². The van der Waals surface area contributed by atoms with Crippen molar-refractivity contribution in [2.75, 3.05) is 0 Å². The van der Waals surface area contributed by atoms with Crippen LogP contribution in [0.25, 0.3) is 0 Å². The second-order valence-corrected chi connectivity index (χ2v) is 7.53. The van der Waals surface area contributed by atoms with Crippen molar-refractivity contribution in [1.82, 2.24) is 14.7 Å². The van der Waals surface area contributed by atoms with E-state index in [9.17, 15) is 4.79 Å². The van der Waals surface area contributed by atoms with E-state index in [1.807, 2.05) is 43.1 Å². The molecule has 2 aromatic carbocycles. The molecule has 0 spiro atoms. The van der Waals surface area contributed by atoms with Crippen LogP contribution in [0.15, 0.2) is 60.7 Å². The number of carbonyl (C=O) groups is 1. The number of aryl methyl sites for hydroxylation is 4. The third-order valence-electron chi connectivity index (χ3n) is 5.31. The topological polar surface area (TPSA) is 38.1 Å². The van der Waals surface area contributed by atoms with Gasteiger partial charge in [0.05, 0.1) is 5.69 Å². The number of hydrogen-bond donors (Lipinski definition) is 0. The van der Waals surface area contributed by atoms with Crippen molar-refractivity contribution >= 4 is 5.91 Å². The van der Waals surface area contributed by atoms with Crippen LogP contribution in [0.1, 0.15) is 46.2 Å². The fourth-order valence-electron chi connectivity index (χ4n) is 3.53. The molecule has 3 aromatic rings. The Labute approximate surface area is 167 Å². The highest BCUT2D eigenvalue weighted by Crippen LogP contribution is 2.19. The fourth-order valence-corrected chi connectivity index (χ4v) is 3.53. The van der Waals surface area contributed by atoms with Gasteiger partial charge in [0.15, 0.2) is 0 Å². The zero-order chi connectivity index (χ0) is 20.1. The first-order valence-corrected chi connectivity index (χ1v) is 9.85. The van der Waals surface area contributed by atoms with E-state index in [-0.39, 0.29) is 11.9 Å². The van der Waals surface area contributed by atoms with E-state index in [0.29, 0.717) is 12.2 Å². The average molecular weight is 376 g/mol. The van der Waals surface area contributed by atoms with Crippen molar-refractivity contribution in [3.05, 3.63) is 88.7 Å². The Hall–Kier alpha value is -2.88. The summed E-state index contributed by atoms with van der Waals surface area (Å²) in [7, 11) is 1.83. The van der Waals surface area contributed by atoms with E-state index in [0.717, 1.165) is 18.5 Å². The summed E-state index contributed by atoms with van der Waals surface area (Å²) in [5.74, 6) is 0.0342. The minimum absolute atomic E-state index is 0.0342. The molecular weight excluding hydrogens is 346 g/mol. The minimum Gasteiger partial charge on any atom is -0.330 e. The highest BCUT2D eigenvalue weighted by molar-refractivity contribution is 5.93. The van der Waals surface area contributed by atoms with Gasteiger partial charge in [0, 0.05) is 19.6 Å². The maximum absolute atomic E-state index is 13.4. The molecule has 0 saturated carbocycles. The largest absolute Gasteiger partial charge is 0.330 e. The molecule has 0 aliphatic carbocycles. The first-order chi connectivity index (χ1) is 13.5. The standard InChI is InChI=1S/C24H29N3O/c1-18-10-8-9-13-22(18)17-27(24(28)23-16-19(2)25-26(23)4)20(3)14-15-21-11-6-5-7-12-21/h5-13,16,20H,14-15,17H2,1-4H3/t20-/m1/s1. The molecule has 0 aliphatic rings. The Morgan fingerprint density at radius 1 is 1.07 bits per heavy atom. The SMILES string of the molecule is Cc1cc(C(=O)N(Cc2ccccc2C)[C@H](C)CCc2ccccc2)n(C)n1. The lowest BCUT2D eigenvalue weighted by Crippen LogP contribution is -2.39. The van der Waals surface area contributed by atoms with Crippen molar-refractivity contribution in [3.8, 4) is 0 Å². The quantitative estimate of drug-likeness (QED) is 0.600. The van der Waals surface area contributed by atoms with Crippen LogP contribution in [0.5, 0.6) is 0 Å². The van der Waals surface area contributed by atoms with Gasteiger partial charge in [-0.05, 0) is 56.4 Å². The zero-order valence-corrected chi connectivity index (χ0v) is 17.2. The Balaban J connectivity index is 1.83. The highest BCUT2D eigenvalue weighted by Gasteiger charge is 2.25. The molecule has 0 radical (unpaired) electrons. The van der Waals surface area contributed by atoms with E-state index in [4.69, 9.17) is 0 Å². The second kappa shape index (κ2) is 8.87. The summed E-state index contributed by atoms with van der Waals surface area (Å²) >= 11 is 0. The first kappa shape index (κ1) is 19.9. The van der Waals surface area contributed by atoms with Crippen molar-refractivity contribution in [3.63, 3.8) is 0 Å². The maximum Gasteiger partial charge on any atom is 0.272 e. The number of hydrogen-bond acceptors (Lipinski definition) is 2. The van der Waals surface area contributed by atoms with Crippen molar-refractivity contribution in [2.45, 2.75) is 46.2 Å². The molecule has 146 valence electrons. The molecule has 0 saturated heterocycles. The van der Waals surface area contributed by atoms with Gasteiger partial charge >= 0.3 is 0 Å². The van der Waals surface area contributed by atoms with Crippen LogP contribution in [-0.4, -0.2) is 26.6 Å². The molecule has 1 heterocycles. The molecule has 1 atom stereocenters. The number of amides is 1. The number of rotatable bonds is 7. The predicted molar refractivity (Wildman–Crippen MR) is 113 cm³/mol. The van der Waals surface area contributed by atoms with Crippen LogP contribution in [0.4, 0.5) is 0 Å². The fraction of sp³-hybridized carbons (Fsp3) is 0.333. The van der Waals surface area contributed by atoms with E-state index >= 15 is 0 Å². The number of carbonyl (C=O) groups excluding carboxylic acids is 1. The van der Waals surface area contributed by atoms with Crippen LogP contribution in [0.3, 0.4) is 0 Å². The first-order valence-electron chi connectivity index (χ1n) is 9.85. The van der Waals surface area contributed by atoms with E-state index in [1.54, 1.807) is 4.68 Å². The van der Waals surface area contributed by atoms with Gasteiger partial charge in [-0.2, -0.15) is 5.10 Å². The average Bonchev–Trinajstić information content (AvgIpc) is 3.04. The number of nitrogens with zero attached hydrogens (tertiary/aromatic N) is 3. The van der Waals surface area contributed by atoms with Crippen LogP contribution in [-0.2, 0) is 20.0 Å². The molecule has 3 rings (SSSR count). The monoisotopic (exact) mass is 375 g/mol. The molecule has 0 N–H and O–H groups in total. The van der Waals surface area contributed by atoms with Crippen LogP contribution in [0.2, 0.25) is 0 Å². The zero-order valence-electron chi connectivity index (χ0n) is 17.2. The summed E-state index contributed by atoms with van der Waals surface area (Å²) in [5.41, 5.74) is 5.18. The Morgan fingerprint density at radius 2 is 1.75 bits per heavy atom. The lowest BCUT2D eigenvalue weighted by Gasteiger charge is -2.30. The third-order valence-corrected chi connectivity index (χ3v) is 5.31. The minimum atomic E-state index is 0.0342. The summed E-state index contributed by atoms with van der Waals surface area (Å²) in [5, 5.41) is 4.36. The Morgan fingerprint density at radius 3 is 2.39 bits per heavy atom. The summed E-state index contributed by atoms with van der Waals surface area (Å²) in [6, 6.07) is 20.7. The van der Waals surface area contributed by atoms with Gasteiger partial charge in [0.2, 0.25) is 0 Å². The Kier molecular flexibility index (Phi) is 6.30. The van der Waals surface area contributed by atoms with Gasteiger partial charge in [-0.25, -0.2) is 0 Å². The third kappa shape index (κ3) is 4.69. The van der Waals surface area contributed by atoms with E-state index in [2.05, 4.69) is 55.3 Å². The van der Waals surface area contributed by atoms with Gasteiger partial charge in [-0.1, -0.05) is 54.6 Å². The number of aromatic nitrogens is 2. The van der Waals surface area contributed by atoms with Crippen LogP contribution in [0, 0.1) is 13.8 Å². The molecule has 4 heteroatoms. The summed E-state index contributed by atoms with van der Waals surface area (Å²) in [4.78, 5) is 15.4. The molecular formula is C24H29N3O. The Bertz CT molecular complexity index is 930. The van der Waals surface area contributed by atoms with Crippen LogP contribution >= 0.6 is 0 Å². The highest BCUT2D eigenvalue weighted by atomic mass is 16.2. The molecule has 1 amide bonds. The van der Waals surface area contributed by atoms with Gasteiger partial charge < -0.3 is 4.90 Å². The summed E-state index contributed by atoms with van der Waals surface area (Å²) in [6.07, 6.45) is 1.86. The molecule has 28 heavy (non-hydrogen) atoms. The van der Waals surface area contributed by atoms with E-state index < -0.39 is 0 Å². The number of benzene rings is 2. The normalized spacial score (nSPS) is 12.0. The summed E-state index contributed by atoms with van der Waals surface area (Å²) < 4.78 is 1.69. The lowest BCUT2D eigenvalue weighted by atomic mass is 10.0. The maximum atomic E-state index is 13.4. The molecule has 0 aliphatic heterocycles. The van der Waals surface area contributed by atoms with Gasteiger partial charge in [0.25, 0.3) is 5.91 Å². The lowest BCUT2D eigenvalue weighted by molar-refractivity contribution is 0.0655. The van der Waals surface area contributed by atoms with E-state index in [1.165, 1.54) is 16.7 Å². The van der Waals surface area contributed by atoms with Crippen molar-refractivity contribution in [2.24, 2.45) is 7.05 Å². The molecule has 1 aromatic heterocycles. The smallest absolute Gasteiger partial charge is 0.272 e. The molecule has 0 bridgehead atoms.